The van der Waals surface area contributed by atoms with Gasteiger partial charge < -0.3 is 20.4 Å². The van der Waals surface area contributed by atoms with Crippen molar-refractivity contribution >= 4 is 28.5 Å². The molecule has 2 amide bonds. The van der Waals surface area contributed by atoms with Gasteiger partial charge in [0.15, 0.2) is 0 Å². The topological polar surface area (TPSA) is 83.4 Å². The quantitative estimate of drug-likeness (QED) is 0.653. The van der Waals surface area contributed by atoms with Gasteiger partial charge in [-0.2, -0.15) is 0 Å². The summed E-state index contributed by atoms with van der Waals surface area (Å²) < 4.78 is 5.54. The summed E-state index contributed by atoms with van der Waals surface area (Å²) in [5.41, 5.74) is 2.31. The van der Waals surface area contributed by atoms with Gasteiger partial charge in [0, 0.05) is 34.6 Å². The summed E-state index contributed by atoms with van der Waals surface area (Å²) >= 11 is 0. The van der Waals surface area contributed by atoms with Crippen LogP contribution in [0, 0.1) is 0 Å². The third-order valence-corrected chi connectivity index (χ3v) is 5.74. The lowest BCUT2D eigenvalue weighted by molar-refractivity contribution is 0.0930. The van der Waals surface area contributed by atoms with Gasteiger partial charge in [-0.05, 0) is 49.6 Å². The van der Waals surface area contributed by atoms with Gasteiger partial charge in [0.2, 0.25) is 0 Å². The van der Waals surface area contributed by atoms with Crippen molar-refractivity contribution in [3.63, 3.8) is 0 Å². The largest absolute Gasteiger partial charge is 0.462 e. The Morgan fingerprint density at radius 1 is 1.00 bits per heavy atom. The van der Waals surface area contributed by atoms with Crippen LogP contribution in [0.15, 0.2) is 59.2 Å². The Morgan fingerprint density at radius 2 is 1.86 bits per heavy atom. The SMILES string of the molecule is O=C(Nc1coc2ccc(C(=O)N[C@@H]3C[C@H]4CC[C@@H]3N4)cc12)c1ccccc1. The molecule has 0 saturated carbocycles. The Bertz CT molecular complexity index is 1040. The molecule has 0 radical (unpaired) electrons. The second-order valence-corrected chi connectivity index (χ2v) is 7.54. The Hall–Kier alpha value is -3.12. The van der Waals surface area contributed by atoms with Gasteiger partial charge in [-0.15, -0.1) is 0 Å². The van der Waals surface area contributed by atoms with Crippen LogP contribution in [0.3, 0.4) is 0 Å². The van der Waals surface area contributed by atoms with Crippen LogP contribution in [0.5, 0.6) is 0 Å². The van der Waals surface area contributed by atoms with Gasteiger partial charge in [-0.3, -0.25) is 9.59 Å². The molecule has 2 aliphatic rings. The molecule has 2 fully saturated rings. The Balaban J connectivity index is 1.36. The summed E-state index contributed by atoms with van der Waals surface area (Å²) in [6.07, 6.45) is 4.81. The summed E-state index contributed by atoms with van der Waals surface area (Å²) in [7, 11) is 0. The van der Waals surface area contributed by atoms with Crippen molar-refractivity contribution in [2.45, 2.75) is 37.4 Å². The lowest BCUT2D eigenvalue weighted by Gasteiger charge is -2.21. The van der Waals surface area contributed by atoms with E-state index in [1.54, 1.807) is 30.3 Å². The minimum absolute atomic E-state index is 0.0946. The molecule has 3 atom stereocenters. The van der Waals surface area contributed by atoms with Crippen LogP contribution >= 0.6 is 0 Å². The summed E-state index contributed by atoms with van der Waals surface area (Å²) in [6, 6.07) is 15.4. The highest BCUT2D eigenvalue weighted by molar-refractivity contribution is 6.09. The van der Waals surface area contributed by atoms with E-state index >= 15 is 0 Å². The Labute approximate surface area is 162 Å². The molecule has 3 aromatic rings. The lowest BCUT2D eigenvalue weighted by atomic mass is 9.95. The minimum Gasteiger partial charge on any atom is -0.462 e. The maximum absolute atomic E-state index is 12.7. The molecule has 2 bridgehead atoms. The third-order valence-electron chi connectivity index (χ3n) is 5.74. The van der Waals surface area contributed by atoms with E-state index in [9.17, 15) is 9.59 Å². The van der Waals surface area contributed by atoms with Gasteiger partial charge in [-0.25, -0.2) is 0 Å². The normalized spacial score (nSPS) is 23.1. The molecule has 142 valence electrons. The molecule has 6 nitrogen and oxygen atoms in total. The first-order valence-electron chi connectivity index (χ1n) is 9.62. The average Bonchev–Trinajstić information content (AvgIpc) is 3.44. The van der Waals surface area contributed by atoms with Crippen LogP contribution in [0.4, 0.5) is 5.69 Å². The van der Waals surface area contributed by atoms with Crippen LogP contribution < -0.4 is 16.0 Å². The van der Waals surface area contributed by atoms with Gasteiger partial charge in [0.1, 0.15) is 11.8 Å². The molecule has 0 aliphatic carbocycles. The first kappa shape index (κ1) is 17.0. The molecular weight excluding hydrogens is 354 g/mol. The lowest BCUT2D eigenvalue weighted by Crippen LogP contribution is -2.42. The second kappa shape index (κ2) is 6.80. The monoisotopic (exact) mass is 375 g/mol. The number of benzene rings is 2. The van der Waals surface area contributed by atoms with Crippen molar-refractivity contribution in [1.82, 2.24) is 10.6 Å². The fourth-order valence-corrected chi connectivity index (χ4v) is 4.29. The number of carbonyl (C=O) groups excluding carboxylic acids is 2. The van der Waals surface area contributed by atoms with Crippen molar-refractivity contribution in [1.29, 1.82) is 0 Å². The third kappa shape index (κ3) is 3.05. The van der Waals surface area contributed by atoms with Crippen LogP contribution in [-0.4, -0.2) is 29.9 Å². The average molecular weight is 375 g/mol. The van der Waals surface area contributed by atoms with E-state index in [-0.39, 0.29) is 17.9 Å². The highest BCUT2D eigenvalue weighted by Gasteiger charge is 2.39. The van der Waals surface area contributed by atoms with E-state index in [4.69, 9.17) is 4.42 Å². The maximum Gasteiger partial charge on any atom is 0.255 e. The van der Waals surface area contributed by atoms with E-state index < -0.39 is 0 Å². The zero-order chi connectivity index (χ0) is 19.1. The molecule has 2 aromatic carbocycles. The Morgan fingerprint density at radius 3 is 2.61 bits per heavy atom. The molecule has 3 N–H and O–H groups in total. The smallest absolute Gasteiger partial charge is 0.255 e. The van der Waals surface area contributed by atoms with Gasteiger partial charge in [0.25, 0.3) is 11.8 Å². The summed E-state index contributed by atoms with van der Waals surface area (Å²) in [5.74, 6) is -0.311. The molecule has 0 spiro atoms. The number of fused-ring (bicyclic) bond motifs is 3. The van der Waals surface area contributed by atoms with Crippen LogP contribution in [-0.2, 0) is 0 Å². The predicted molar refractivity (Wildman–Crippen MR) is 106 cm³/mol. The first-order valence-corrected chi connectivity index (χ1v) is 9.62. The molecule has 0 unspecified atom stereocenters. The molecule has 2 saturated heterocycles. The summed E-state index contributed by atoms with van der Waals surface area (Å²) in [5, 5.41) is 10.3. The molecule has 28 heavy (non-hydrogen) atoms. The van der Waals surface area contributed by atoms with Crippen molar-refractivity contribution in [3.8, 4) is 0 Å². The van der Waals surface area contributed by atoms with Crippen molar-refractivity contribution < 1.29 is 14.0 Å². The van der Waals surface area contributed by atoms with Crippen molar-refractivity contribution in [2.24, 2.45) is 0 Å². The number of hydrogen-bond acceptors (Lipinski definition) is 4. The second-order valence-electron chi connectivity index (χ2n) is 7.54. The first-order chi connectivity index (χ1) is 13.7. The number of rotatable bonds is 4. The number of nitrogens with one attached hydrogen (secondary N) is 3. The van der Waals surface area contributed by atoms with Gasteiger partial charge in [0.05, 0.1) is 5.69 Å². The number of furan rings is 1. The van der Waals surface area contributed by atoms with E-state index in [1.807, 2.05) is 18.2 Å². The van der Waals surface area contributed by atoms with E-state index in [2.05, 4.69) is 16.0 Å². The summed E-state index contributed by atoms with van der Waals surface area (Å²) in [6.45, 7) is 0. The molecule has 1 aromatic heterocycles. The predicted octanol–water partition coefficient (Wildman–Crippen LogP) is 3.31. The molecular formula is C22H21N3O3. The fourth-order valence-electron chi connectivity index (χ4n) is 4.29. The molecule has 3 heterocycles. The maximum atomic E-state index is 12.7. The number of amides is 2. The zero-order valence-electron chi connectivity index (χ0n) is 15.3. The number of anilines is 1. The van der Waals surface area contributed by atoms with E-state index in [0.29, 0.717) is 39.9 Å². The zero-order valence-corrected chi connectivity index (χ0v) is 15.3. The number of carbonyl (C=O) groups is 2. The minimum atomic E-state index is -0.216. The fraction of sp³-hybridized carbons (Fsp3) is 0.273. The highest BCUT2D eigenvalue weighted by Crippen LogP contribution is 2.30. The van der Waals surface area contributed by atoms with E-state index in [0.717, 1.165) is 12.8 Å². The molecule has 6 heteroatoms. The molecule has 2 aliphatic heterocycles. The van der Waals surface area contributed by atoms with E-state index in [1.165, 1.54) is 12.7 Å². The Kier molecular flexibility index (Phi) is 4.13. The molecule has 5 rings (SSSR count). The van der Waals surface area contributed by atoms with Crippen LogP contribution in [0.1, 0.15) is 40.0 Å². The summed E-state index contributed by atoms with van der Waals surface area (Å²) in [4.78, 5) is 25.2. The van der Waals surface area contributed by atoms with Crippen molar-refractivity contribution in [3.05, 3.63) is 65.9 Å². The van der Waals surface area contributed by atoms with Crippen LogP contribution in [0.2, 0.25) is 0 Å². The highest BCUT2D eigenvalue weighted by atomic mass is 16.3. The standard InChI is InChI=1S/C22H21N3O3/c26-21(13-4-2-1-3-5-13)25-19-12-28-20-9-6-14(10-16(19)20)22(27)24-18-11-15-7-8-17(18)23-15/h1-6,9-10,12,15,17-18,23H,7-8,11H2,(H,24,27)(H,25,26)/t15-,17+,18-/m1/s1. The van der Waals surface area contributed by atoms with Crippen LogP contribution in [0.25, 0.3) is 11.0 Å². The number of hydrogen-bond donors (Lipinski definition) is 3. The van der Waals surface area contributed by atoms with Crippen molar-refractivity contribution in [2.75, 3.05) is 5.32 Å². The van der Waals surface area contributed by atoms with Gasteiger partial charge in [-0.1, -0.05) is 18.2 Å². The van der Waals surface area contributed by atoms with Gasteiger partial charge >= 0.3 is 0 Å².